The molecule has 20 atom stereocenters. The molecule has 23 nitrogen and oxygen atoms in total. The molecule has 4 aliphatic rings. The summed E-state index contributed by atoms with van der Waals surface area (Å²) in [7, 11) is 0. The molecule has 4 saturated heterocycles. The van der Waals surface area contributed by atoms with Crippen LogP contribution in [0.4, 0.5) is 0 Å². The minimum atomic E-state index is -2.11. The molecule has 0 amide bonds. The molecule has 4 rings (SSSR count). The maximum atomic E-state index is 12.1. The molecule has 0 aliphatic carbocycles. The highest BCUT2D eigenvalue weighted by atomic mass is 16.8. The average molecular weight is 766 g/mol. The fraction of sp³-hybridized carbons (Fsp3) is 0.966. The Hall–Kier alpha value is -1.37. The number of aliphatic carboxylic acids is 1. The van der Waals surface area contributed by atoms with E-state index in [4.69, 9.17) is 43.6 Å². The third-order valence-electron chi connectivity index (χ3n) is 9.28. The number of carboxylic acids is 1. The first-order chi connectivity index (χ1) is 24.7. The van der Waals surface area contributed by atoms with Crippen molar-refractivity contribution < 1.29 is 109 Å². The highest BCUT2D eigenvalue weighted by Crippen LogP contribution is 2.34. The fourth-order valence-corrected chi connectivity index (χ4v) is 6.26. The van der Waals surface area contributed by atoms with Crippen LogP contribution in [0, 0.1) is 0 Å². The zero-order valence-corrected chi connectivity index (χ0v) is 27.8. The SMILES string of the molecule is NCCCCCO[C@@H]1OC(C(=O)O)[C@@H](OC2OC(CO)[C@H](O[C@H]3OC(CO)[C@@H](O[C@@H]4OC(CO)C(O)C(O)C4O)C(O)C3O)C(O)C2O)C(O)C1O. The molecule has 14 unspecified atom stereocenters. The minimum absolute atomic E-state index is 0.0456. The maximum absolute atomic E-state index is 12.1. The van der Waals surface area contributed by atoms with Gasteiger partial charge in [-0.1, -0.05) is 0 Å². The smallest absolute Gasteiger partial charge is 0.335 e. The number of nitrogens with two attached hydrogens (primary N) is 1. The first-order valence-electron chi connectivity index (χ1n) is 16.8. The van der Waals surface area contributed by atoms with Crippen LogP contribution in [0.15, 0.2) is 0 Å². The number of aliphatic hydroxyl groups is 12. The fourth-order valence-electron chi connectivity index (χ4n) is 6.26. The summed E-state index contributed by atoms with van der Waals surface area (Å²) in [4.78, 5) is 12.1. The van der Waals surface area contributed by atoms with E-state index in [2.05, 4.69) is 0 Å². The van der Waals surface area contributed by atoms with Crippen LogP contribution in [0.25, 0.3) is 0 Å². The molecule has 0 aromatic heterocycles. The first-order valence-corrected chi connectivity index (χ1v) is 16.8. The molecule has 0 aromatic rings. The highest BCUT2D eigenvalue weighted by Gasteiger charge is 2.56. The van der Waals surface area contributed by atoms with Gasteiger partial charge in [0, 0.05) is 6.61 Å². The van der Waals surface area contributed by atoms with Crippen LogP contribution >= 0.6 is 0 Å². The van der Waals surface area contributed by atoms with Gasteiger partial charge in [0.15, 0.2) is 31.3 Å². The van der Waals surface area contributed by atoms with Crippen molar-refractivity contribution in [2.75, 3.05) is 33.0 Å². The second-order valence-electron chi connectivity index (χ2n) is 12.9. The van der Waals surface area contributed by atoms with Gasteiger partial charge in [0.05, 0.1) is 19.8 Å². The number of aliphatic hydroxyl groups excluding tert-OH is 12. The number of hydrogen-bond donors (Lipinski definition) is 14. The molecule has 304 valence electrons. The second-order valence-corrected chi connectivity index (χ2v) is 12.9. The Morgan fingerprint density at radius 1 is 0.500 bits per heavy atom. The summed E-state index contributed by atoms with van der Waals surface area (Å²) in [5.41, 5.74) is 5.44. The van der Waals surface area contributed by atoms with E-state index < -0.39 is 149 Å². The van der Waals surface area contributed by atoms with Crippen LogP contribution in [0.3, 0.4) is 0 Å². The standard InChI is InChI=1S/C29H51NO22/c30-4-2-1-3-5-45-26-18(40)16(38)23(24(52-26)25(43)44)51-29-20(42)15(37)22(11(8-33)48-29)50-28-19(41)14(36)21(10(7-32)47-28)49-27-17(39)13(35)12(34)9(6-31)46-27/h9-24,26-29,31-42H,1-8,30H2,(H,43,44)/t9?,10?,11?,12?,13?,14?,15?,16?,17?,18?,19?,20?,21-,22+,23+,24?,26-,27+,28-,29?/m1/s1. The van der Waals surface area contributed by atoms with Gasteiger partial charge in [-0.3, -0.25) is 0 Å². The van der Waals surface area contributed by atoms with Gasteiger partial charge < -0.3 is 110 Å². The predicted octanol–water partition coefficient (Wildman–Crippen LogP) is -8.50. The Balaban J connectivity index is 1.41. The summed E-state index contributed by atoms with van der Waals surface area (Å²) in [6.45, 7) is -2.18. The molecule has 23 heteroatoms. The topological polar surface area (TPSA) is 380 Å². The van der Waals surface area contributed by atoms with Crippen molar-refractivity contribution in [1.82, 2.24) is 0 Å². The third kappa shape index (κ3) is 9.52. The lowest BCUT2D eigenvalue weighted by atomic mass is 9.95. The molecule has 4 fully saturated rings. The van der Waals surface area contributed by atoms with Crippen molar-refractivity contribution in [3.8, 4) is 0 Å². The molecule has 4 aliphatic heterocycles. The van der Waals surface area contributed by atoms with Gasteiger partial charge in [-0.05, 0) is 25.8 Å². The van der Waals surface area contributed by atoms with Gasteiger partial charge in [-0.15, -0.1) is 0 Å². The molecular formula is C29H51NO22. The first kappa shape index (κ1) is 43.4. The summed E-state index contributed by atoms with van der Waals surface area (Å²) >= 11 is 0. The van der Waals surface area contributed by atoms with Crippen molar-refractivity contribution in [3.63, 3.8) is 0 Å². The van der Waals surface area contributed by atoms with Crippen molar-refractivity contribution in [2.45, 2.75) is 142 Å². The predicted molar refractivity (Wildman–Crippen MR) is 161 cm³/mol. The molecule has 52 heavy (non-hydrogen) atoms. The normalized spacial score (nSPS) is 47.3. The Labute approximate surface area is 296 Å². The molecular weight excluding hydrogens is 714 g/mol. The van der Waals surface area contributed by atoms with Crippen LogP contribution in [0.1, 0.15) is 19.3 Å². The van der Waals surface area contributed by atoms with Crippen molar-refractivity contribution in [1.29, 1.82) is 0 Å². The minimum Gasteiger partial charge on any atom is -0.479 e. The third-order valence-corrected chi connectivity index (χ3v) is 9.28. The van der Waals surface area contributed by atoms with Gasteiger partial charge in [0.25, 0.3) is 0 Å². The lowest BCUT2D eigenvalue weighted by molar-refractivity contribution is -0.387. The van der Waals surface area contributed by atoms with Crippen LogP contribution in [-0.2, 0) is 42.7 Å². The van der Waals surface area contributed by atoms with E-state index in [9.17, 15) is 71.2 Å². The Morgan fingerprint density at radius 2 is 0.923 bits per heavy atom. The van der Waals surface area contributed by atoms with Gasteiger partial charge in [-0.2, -0.15) is 0 Å². The van der Waals surface area contributed by atoms with Gasteiger partial charge >= 0.3 is 5.97 Å². The van der Waals surface area contributed by atoms with Crippen LogP contribution in [-0.4, -0.2) is 228 Å². The Morgan fingerprint density at radius 3 is 1.38 bits per heavy atom. The van der Waals surface area contributed by atoms with Crippen molar-refractivity contribution >= 4 is 5.97 Å². The van der Waals surface area contributed by atoms with Crippen molar-refractivity contribution in [2.24, 2.45) is 5.73 Å². The lowest BCUT2D eigenvalue weighted by Gasteiger charge is -2.48. The number of hydrogen-bond acceptors (Lipinski definition) is 22. The summed E-state index contributed by atoms with van der Waals surface area (Å²) in [6, 6.07) is 0. The molecule has 0 radical (unpaired) electrons. The number of rotatable bonds is 16. The second kappa shape index (κ2) is 19.5. The number of carbonyl (C=O) groups is 1. The summed E-state index contributed by atoms with van der Waals surface area (Å²) in [6.07, 6.45) is -34.8. The van der Waals surface area contributed by atoms with Gasteiger partial charge in [-0.25, -0.2) is 4.79 Å². The Bertz CT molecular complexity index is 1090. The number of carboxylic acid groups (broad SMARTS) is 1. The average Bonchev–Trinajstić information content (AvgIpc) is 3.13. The summed E-state index contributed by atoms with van der Waals surface area (Å²) in [5, 5.41) is 135. The van der Waals surface area contributed by atoms with E-state index in [1.54, 1.807) is 0 Å². The molecule has 0 aromatic carbocycles. The zero-order valence-electron chi connectivity index (χ0n) is 27.8. The maximum Gasteiger partial charge on any atom is 0.335 e. The lowest BCUT2D eigenvalue weighted by Crippen LogP contribution is -2.67. The number of ether oxygens (including phenoxy) is 8. The van der Waals surface area contributed by atoms with Crippen LogP contribution in [0.2, 0.25) is 0 Å². The van der Waals surface area contributed by atoms with E-state index in [1.165, 1.54) is 0 Å². The van der Waals surface area contributed by atoms with Crippen molar-refractivity contribution in [3.05, 3.63) is 0 Å². The van der Waals surface area contributed by atoms with E-state index in [0.29, 0.717) is 25.8 Å². The monoisotopic (exact) mass is 765 g/mol. The van der Waals surface area contributed by atoms with E-state index >= 15 is 0 Å². The van der Waals surface area contributed by atoms with E-state index in [0.717, 1.165) is 0 Å². The van der Waals surface area contributed by atoms with Crippen LogP contribution in [0.5, 0.6) is 0 Å². The van der Waals surface area contributed by atoms with Gasteiger partial charge in [0.2, 0.25) is 0 Å². The van der Waals surface area contributed by atoms with E-state index in [-0.39, 0.29) is 6.61 Å². The van der Waals surface area contributed by atoms with Crippen LogP contribution < -0.4 is 5.73 Å². The Kier molecular flexibility index (Phi) is 16.2. The summed E-state index contributed by atoms with van der Waals surface area (Å²) in [5.74, 6) is -1.65. The molecule has 0 saturated carbocycles. The molecule has 4 heterocycles. The van der Waals surface area contributed by atoms with Gasteiger partial charge in [0.1, 0.15) is 91.6 Å². The summed E-state index contributed by atoms with van der Waals surface area (Å²) < 4.78 is 43.7. The highest BCUT2D eigenvalue weighted by molar-refractivity contribution is 5.73. The molecule has 15 N–H and O–H groups in total. The molecule has 0 spiro atoms. The molecule has 0 bridgehead atoms. The number of unbranched alkanes of at least 4 members (excludes halogenated alkanes) is 2. The quantitative estimate of drug-likeness (QED) is 0.0649. The largest absolute Gasteiger partial charge is 0.479 e. The van der Waals surface area contributed by atoms with E-state index in [1.807, 2.05) is 0 Å². The zero-order chi connectivity index (χ0) is 38.4.